The number of anilines is 1. The van der Waals surface area contributed by atoms with E-state index in [0.717, 1.165) is 23.1 Å². The van der Waals surface area contributed by atoms with Crippen LogP contribution in [0, 0.1) is 19.8 Å². The Labute approximate surface area is 222 Å². The van der Waals surface area contributed by atoms with Crippen molar-refractivity contribution in [2.75, 3.05) is 18.1 Å². The molecule has 1 aliphatic rings. The zero-order chi connectivity index (χ0) is 27.0. The van der Waals surface area contributed by atoms with E-state index in [0.29, 0.717) is 52.9 Å². The van der Waals surface area contributed by atoms with Crippen molar-refractivity contribution in [3.63, 3.8) is 0 Å². The molecule has 1 unspecified atom stereocenters. The molecule has 1 aliphatic heterocycles. The van der Waals surface area contributed by atoms with E-state index in [1.165, 1.54) is 0 Å². The smallest absolute Gasteiger partial charge is 0.295 e. The molecule has 0 spiro atoms. The van der Waals surface area contributed by atoms with Crippen LogP contribution >= 0.6 is 0 Å². The molecule has 6 nitrogen and oxygen atoms in total. The van der Waals surface area contributed by atoms with Gasteiger partial charge < -0.3 is 13.9 Å². The van der Waals surface area contributed by atoms with Gasteiger partial charge in [-0.3, -0.25) is 14.5 Å². The van der Waals surface area contributed by atoms with Crippen molar-refractivity contribution >= 4 is 22.6 Å². The second-order valence-corrected chi connectivity index (χ2v) is 10.3. The van der Waals surface area contributed by atoms with E-state index in [2.05, 4.69) is 13.8 Å². The zero-order valence-corrected chi connectivity index (χ0v) is 22.5. The molecule has 1 atom stereocenters. The number of ether oxygens (including phenoxy) is 2. The van der Waals surface area contributed by atoms with Gasteiger partial charge in [-0.05, 0) is 80.6 Å². The van der Waals surface area contributed by atoms with Crippen LogP contribution in [0.4, 0.5) is 5.69 Å². The average Bonchev–Trinajstić information content (AvgIpc) is 3.18. The van der Waals surface area contributed by atoms with Crippen molar-refractivity contribution < 1.29 is 18.7 Å². The summed E-state index contributed by atoms with van der Waals surface area (Å²) >= 11 is 0. The molecule has 38 heavy (non-hydrogen) atoms. The molecule has 0 bridgehead atoms. The Kier molecular flexibility index (Phi) is 6.98. The van der Waals surface area contributed by atoms with E-state index in [9.17, 15) is 9.59 Å². The van der Waals surface area contributed by atoms with Gasteiger partial charge in [-0.2, -0.15) is 0 Å². The van der Waals surface area contributed by atoms with Gasteiger partial charge >= 0.3 is 0 Å². The molecule has 3 aromatic carbocycles. The van der Waals surface area contributed by atoms with Gasteiger partial charge in [0.05, 0.1) is 30.2 Å². The van der Waals surface area contributed by atoms with E-state index in [1.54, 1.807) is 11.0 Å². The molecule has 0 aliphatic carbocycles. The van der Waals surface area contributed by atoms with Crippen molar-refractivity contribution in [1.82, 2.24) is 0 Å². The highest BCUT2D eigenvalue weighted by molar-refractivity contribution is 6.10. The van der Waals surface area contributed by atoms with Crippen molar-refractivity contribution in [2.24, 2.45) is 5.92 Å². The van der Waals surface area contributed by atoms with Crippen LogP contribution in [0.15, 0.2) is 69.9 Å². The van der Waals surface area contributed by atoms with E-state index in [-0.39, 0.29) is 17.1 Å². The molecule has 0 saturated carbocycles. The molecular weight excluding hydrogens is 478 g/mol. The highest BCUT2D eigenvalue weighted by Crippen LogP contribution is 2.43. The fourth-order valence-electron chi connectivity index (χ4n) is 4.93. The van der Waals surface area contributed by atoms with Gasteiger partial charge in [0.1, 0.15) is 5.58 Å². The Morgan fingerprint density at radius 2 is 1.71 bits per heavy atom. The molecule has 4 aromatic rings. The summed E-state index contributed by atoms with van der Waals surface area (Å²) in [6, 6.07) is 18.1. The summed E-state index contributed by atoms with van der Waals surface area (Å²) in [5.41, 5.74) is 3.94. The Bertz CT molecular complexity index is 1570. The summed E-state index contributed by atoms with van der Waals surface area (Å²) in [7, 11) is 0. The van der Waals surface area contributed by atoms with Gasteiger partial charge in [0.15, 0.2) is 16.9 Å². The molecule has 5 rings (SSSR count). The molecule has 1 aromatic heterocycles. The monoisotopic (exact) mass is 511 g/mol. The van der Waals surface area contributed by atoms with E-state index in [1.807, 2.05) is 75.4 Å². The van der Waals surface area contributed by atoms with Crippen molar-refractivity contribution in [1.29, 1.82) is 0 Å². The minimum atomic E-state index is -0.676. The number of aryl methyl sites for hydroxylation is 2. The molecule has 1 amide bonds. The molecule has 0 saturated heterocycles. The number of nitrogens with zero attached hydrogens (tertiary/aromatic N) is 1. The van der Waals surface area contributed by atoms with E-state index in [4.69, 9.17) is 13.9 Å². The topological polar surface area (TPSA) is 69.0 Å². The molecule has 6 heteroatoms. The number of carbonyl (C=O) groups excluding carboxylic acids is 1. The van der Waals surface area contributed by atoms with Crippen LogP contribution in [0.1, 0.15) is 66.0 Å². The average molecular weight is 512 g/mol. The lowest BCUT2D eigenvalue weighted by Gasteiger charge is -2.26. The van der Waals surface area contributed by atoms with Gasteiger partial charge in [-0.15, -0.1) is 0 Å². The third-order valence-electron chi connectivity index (χ3n) is 6.84. The van der Waals surface area contributed by atoms with Crippen molar-refractivity contribution in [2.45, 2.75) is 47.1 Å². The Balaban J connectivity index is 1.70. The summed E-state index contributed by atoms with van der Waals surface area (Å²) in [6.07, 6.45) is 0.923. The number of rotatable bonds is 8. The fraction of sp³-hybridized carbons (Fsp3) is 0.312. The standard InChI is InChI=1S/C32H33NO5/c1-6-36-27-18-22(11-13-26(27)37-15-14-19(2)3)29-28-30(34)24-17-21(5)10-12-25(24)38-31(28)32(35)33(29)23-9-7-8-20(4)16-23/h7-13,16-19,29H,6,14-15H2,1-5H3. The van der Waals surface area contributed by atoms with E-state index >= 15 is 0 Å². The maximum absolute atomic E-state index is 13.9. The largest absolute Gasteiger partial charge is 0.490 e. The van der Waals surface area contributed by atoms with Crippen molar-refractivity contribution in [3.05, 3.63) is 98.9 Å². The highest BCUT2D eigenvalue weighted by atomic mass is 16.5. The van der Waals surface area contributed by atoms with Crippen LogP contribution < -0.4 is 19.8 Å². The van der Waals surface area contributed by atoms with Crippen LogP contribution in [0.2, 0.25) is 0 Å². The lowest BCUT2D eigenvalue weighted by atomic mass is 9.97. The second-order valence-electron chi connectivity index (χ2n) is 10.3. The minimum Gasteiger partial charge on any atom is -0.490 e. The van der Waals surface area contributed by atoms with Crippen LogP contribution in [-0.4, -0.2) is 19.1 Å². The van der Waals surface area contributed by atoms with E-state index < -0.39 is 6.04 Å². The number of fused-ring (bicyclic) bond motifs is 2. The van der Waals surface area contributed by atoms with Gasteiger partial charge in [0.2, 0.25) is 5.76 Å². The molecular formula is C32H33NO5. The predicted octanol–water partition coefficient (Wildman–Crippen LogP) is 6.98. The lowest BCUT2D eigenvalue weighted by Crippen LogP contribution is -2.29. The first kappa shape index (κ1) is 25.6. The third-order valence-corrected chi connectivity index (χ3v) is 6.84. The van der Waals surface area contributed by atoms with Gasteiger partial charge in [0, 0.05) is 5.69 Å². The van der Waals surface area contributed by atoms with Crippen LogP contribution in [0.3, 0.4) is 0 Å². The van der Waals surface area contributed by atoms with Gasteiger partial charge in [-0.25, -0.2) is 0 Å². The lowest BCUT2D eigenvalue weighted by molar-refractivity contribution is 0.0971. The quantitative estimate of drug-likeness (QED) is 0.255. The summed E-state index contributed by atoms with van der Waals surface area (Å²) in [6.45, 7) is 11.2. The molecule has 196 valence electrons. The normalized spacial score (nSPS) is 14.8. The van der Waals surface area contributed by atoms with Crippen molar-refractivity contribution in [3.8, 4) is 11.5 Å². The molecule has 0 N–H and O–H groups in total. The number of benzene rings is 3. The molecule has 0 radical (unpaired) electrons. The second kappa shape index (κ2) is 10.4. The number of carbonyl (C=O) groups is 1. The van der Waals surface area contributed by atoms with Gasteiger partial charge in [0.25, 0.3) is 5.91 Å². The number of hydrogen-bond donors (Lipinski definition) is 0. The number of hydrogen-bond acceptors (Lipinski definition) is 5. The first-order chi connectivity index (χ1) is 18.3. The highest BCUT2D eigenvalue weighted by Gasteiger charge is 2.44. The Hall–Kier alpha value is -4.06. The Morgan fingerprint density at radius 1 is 0.921 bits per heavy atom. The summed E-state index contributed by atoms with van der Waals surface area (Å²) < 4.78 is 18.1. The number of amides is 1. The fourth-order valence-corrected chi connectivity index (χ4v) is 4.93. The summed E-state index contributed by atoms with van der Waals surface area (Å²) in [5, 5.41) is 0.464. The first-order valence-electron chi connectivity index (χ1n) is 13.2. The van der Waals surface area contributed by atoms with Crippen LogP contribution in [0.25, 0.3) is 11.0 Å². The van der Waals surface area contributed by atoms with Crippen LogP contribution in [-0.2, 0) is 0 Å². The zero-order valence-electron chi connectivity index (χ0n) is 22.5. The minimum absolute atomic E-state index is 0.0769. The summed E-state index contributed by atoms with van der Waals surface area (Å²) in [5.74, 6) is 1.48. The molecule has 0 fully saturated rings. The SMILES string of the molecule is CCOc1cc(C2c3c(oc4ccc(C)cc4c3=O)C(=O)N2c2cccc(C)c2)ccc1OCCC(C)C. The predicted molar refractivity (Wildman–Crippen MR) is 150 cm³/mol. The maximum atomic E-state index is 13.9. The summed E-state index contributed by atoms with van der Waals surface area (Å²) in [4.78, 5) is 29.5. The Morgan fingerprint density at radius 3 is 2.45 bits per heavy atom. The van der Waals surface area contributed by atoms with Gasteiger partial charge in [-0.1, -0.05) is 43.7 Å². The molecule has 2 heterocycles. The first-order valence-corrected chi connectivity index (χ1v) is 13.2. The maximum Gasteiger partial charge on any atom is 0.295 e. The third kappa shape index (κ3) is 4.67. The van der Waals surface area contributed by atoms with Crippen LogP contribution in [0.5, 0.6) is 11.5 Å².